The topological polar surface area (TPSA) is 81.4 Å². The fraction of sp³-hybridized carbons (Fsp3) is 0.611. The summed E-state index contributed by atoms with van der Waals surface area (Å²) in [6.07, 6.45) is 3.31. The van der Waals surface area contributed by atoms with Crippen molar-refractivity contribution in [2.45, 2.75) is 39.2 Å². The maximum absolute atomic E-state index is 12.7. The van der Waals surface area contributed by atoms with Crippen molar-refractivity contribution >= 4 is 17.8 Å². The van der Waals surface area contributed by atoms with Gasteiger partial charge in [-0.15, -0.1) is 0 Å². The van der Waals surface area contributed by atoms with Crippen LogP contribution in [0, 0.1) is 17.2 Å². The SMILES string of the molecule is CN(C)C(=O)N1CCCC(C(=O)Nc2cc(C#N)cn2C(C)(C)C)C1. The van der Waals surface area contributed by atoms with Crippen molar-refractivity contribution in [2.24, 2.45) is 5.92 Å². The molecule has 0 bridgehead atoms. The van der Waals surface area contributed by atoms with E-state index in [1.165, 1.54) is 4.90 Å². The first kappa shape index (κ1) is 18.8. The number of carbonyl (C=O) groups excluding carboxylic acids is 2. The van der Waals surface area contributed by atoms with Gasteiger partial charge in [0.05, 0.1) is 11.5 Å². The lowest BCUT2D eigenvalue weighted by Crippen LogP contribution is -2.47. The second-order valence-corrected chi connectivity index (χ2v) is 7.72. The number of aromatic nitrogens is 1. The van der Waals surface area contributed by atoms with E-state index in [4.69, 9.17) is 5.26 Å². The second kappa shape index (κ2) is 7.18. The van der Waals surface area contributed by atoms with Gasteiger partial charge in [0.2, 0.25) is 5.91 Å². The molecule has 1 N–H and O–H groups in total. The molecule has 1 aliphatic heterocycles. The molecule has 7 heteroatoms. The van der Waals surface area contributed by atoms with Gasteiger partial charge in [0.1, 0.15) is 11.9 Å². The van der Waals surface area contributed by atoms with Gasteiger partial charge >= 0.3 is 6.03 Å². The van der Waals surface area contributed by atoms with Crippen molar-refractivity contribution in [2.75, 3.05) is 32.5 Å². The second-order valence-electron chi connectivity index (χ2n) is 7.72. The van der Waals surface area contributed by atoms with Crippen LogP contribution in [-0.4, -0.2) is 53.5 Å². The summed E-state index contributed by atoms with van der Waals surface area (Å²) in [7, 11) is 3.43. The summed E-state index contributed by atoms with van der Waals surface area (Å²) in [5.74, 6) is 0.265. The summed E-state index contributed by atoms with van der Waals surface area (Å²) in [4.78, 5) is 28.1. The molecule has 0 aromatic carbocycles. The number of hydrogen-bond donors (Lipinski definition) is 1. The Balaban J connectivity index is 2.13. The van der Waals surface area contributed by atoms with E-state index >= 15 is 0 Å². The maximum Gasteiger partial charge on any atom is 0.319 e. The van der Waals surface area contributed by atoms with Crippen LogP contribution in [0.3, 0.4) is 0 Å². The summed E-state index contributed by atoms with van der Waals surface area (Å²) in [6.45, 7) is 7.15. The van der Waals surface area contributed by atoms with E-state index in [9.17, 15) is 9.59 Å². The monoisotopic (exact) mass is 345 g/mol. The lowest BCUT2D eigenvalue weighted by atomic mass is 9.97. The third-order valence-corrected chi connectivity index (χ3v) is 4.37. The van der Waals surface area contributed by atoms with E-state index in [1.54, 1.807) is 31.3 Å². The molecule has 0 aliphatic carbocycles. The van der Waals surface area contributed by atoms with E-state index in [0.717, 1.165) is 12.8 Å². The van der Waals surface area contributed by atoms with Crippen molar-refractivity contribution in [3.63, 3.8) is 0 Å². The van der Waals surface area contributed by atoms with Gasteiger partial charge in [-0.3, -0.25) is 4.79 Å². The van der Waals surface area contributed by atoms with Gasteiger partial charge in [0.15, 0.2) is 0 Å². The maximum atomic E-state index is 12.7. The number of hydrogen-bond acceptors (Lipinski definition) is 3. The molecule has 1 aromatic rings. The Hall–Kier alpha value is -2.49. The number of piperidine rings is 1. The van der Waals surface area contributed by atoms with Crippen molar-refractivity contribution in [1.82, 2.24) is 14.4 Å². The van der Waals surface area contributed by atoms with Crippen molar-refractivity contribution in [1.29, 1.82) is 5.26 Å². The summed E-state index contributed by atoms with van der Waals surface area (Å²) < 4.78 is 1.90. The van der Waals surface area contributed by atoms with Gasteiger partial charge in [-0.2, -0.15) is 5.26 Å². The molecule has 1 fully saturated rings. The van der Waals surface area contributed by atoms with Crippen LogP contribution in [0.2, 0.25) is 0 Å². The number of likely N-dealkylation sites (tertiary alicyclic amines) is 1. The van der Waals surface area contributed by atoms with Gasteiger partial charge < -0.3 is 19.7 Å². The van der Waals surface area contributed by atoms with Gasteiger partial charge in [-0.05, 0) is 39.7 Å². The zero-order valence-electron chi connectivity index (χ0n) is 15.7. The molecule has 1 unspecified atom stereocenters. The first-order valence-electron chi connectivity index (χ1n) is 8.53. The molecule has 3 amide bonds. The minimum atomic E-state index is -0.253. The van der Waals surface area contributed by atoms with Crippen LogP contribution in [0.15, 0.2) is 12.3 Å². The predicted octanol–water partition coefficient (Wildman–Crippen LogP) is 2.45. The fourth-order valence-electron chi connectivity index (χ4n) is 3.05. The zero-order chi connectivity index (χ0) is 18.8. The molecule has 0 radical (unpaired) electrons. The highest BCUT2D eigenvalue weighted by Gasteiger charge is 2.30. The molecular formula is C18H27N5O2. The van der Waals surface area contributed by atoms with Gasteiger partial charge in [0, 0.05) is 38.9 Å². The third-order valence-electron chi connectivity index (χ3n) is 4.37. The molecule has 7 nitrogen and oxygen atoms in total. The highest BCUT2D eigenvalue weighted by atomic mass is 16.2. The zero-order valence-corrected chi connectivity index (χ0v) is 15.7. The molecule has 2 rings (SSSR count). The average Bonchev–Trinajstić information content (AvgIpc) is 2.97. The van der Waals surface area contributed by atoms with Crippen LogP contribution in [-0.2, 0) is 10.3 Å². The number of nitriles is 1. The average molecular weight is 345 g/mol. The minimum absolute atomic E-state index is 0.0673. The van der Waals surface area contributed by atoms with E-state index < -0.39 is 0 Å². The summed E-state index contributed by atoms with van der Waals surface area (Å²) in [5.41, 5.74) is 0.260. The van der Waals surface area contributed by atoms with E-state index in [2.05, 4.69) is 11.4 Å². The van der Waals surface area contributed by atoms with Crippen LogP contribution >= 0.6 is 0 Å². The number of anilines is 1. The van der Waals surface area contributed by atoms with Crippen LogP contribution in [0.4, 0.5) is 10.6 Å². The molecule has 1 atom stereocenters. The molecule has 136 valence electrons. The Morgan fingerprint density at radius 3 is 2.60 bits per heavy atom. The predicted molar refractivity (Wildman–Crippen MR) is 96.2 cm³/mol. The van der Waals surface area contributed by atoms with Crippen molar-refractivity contribution < 1.29 is 9.59 Å². The largest absolute Gasteiger partial charge is 0.331 e. The molecule has 0 saturated carbocycles. The molecule has 1 aliphatic rings. The third kappa shape index (κ3) is 4.32. The quantitative estimate of drug-likeness (QED) is 0.894. The highest BCUT2D eigenvalue weighted by molar-refractivity contribution is 5.92. The van der Waals surface area contributed by atoms with Gasteiger partial charge in [-0.1, -0.05) is 0 Å². The fourth-order valence-corrected chi connectivity index (χ4v) is 3.05. The normalized spacial score (nSPS) is 17.8. The Morgan fingerprint density at radius 1 is 1.36 bits per heavy atom. The standard InChI is InChI=1S/C18H27N5O2/c1-18(2,3)23-11-13(10-19)9-15(23)20-16(24)14-7-6-8-22(12-14)17(25)21(4)5/h9,11,14H,6-8,12H2,1-5H3,(H,20,24). The van der Waals surface area contributed by atoms with Crippen molar-refractivity contribution in [3.8, 4) is 6.07 Å². The molecular weight excluding hydrogens is 318 g/mol. The highest BCUT2D eigenvalue weighted by Crippen LogP contribution is 2.25. The van der Waals surface area contributed by atoms with Crippen LogP contribution in [0.25, 0.3) is 0 Å². The van der Waals surface area contributed by atoms with Gasteiger partial charge in [-0.25, -0.2) is 4.79 Å². The summed E-state index contributed by atoms with van der Waals surface area (Å²) >= 11 is 0. The van der Waals surface area contributed by atoms with E-state index in [0.29, 0.717) is 24.5 Å². The Bertz CT molecular complexity index is 693. The molecule has 0 spiro atoms. The smallest absolute Gasteiger partial charge is 0.319 e. The number of carbonyl (C=O) groups is 2. The van der Waals surface area contributed by atoms with Crippen molar-refractivity contribution in [3.05, 3.63) is 17.8 Å². The molecule has 1 saturated heterocycles. The Morgan fingerprint density at radius 2 is 2.04 bits per heavy atom. The van der Waals surface area contributed by atoms with Crippen LogP contribution < -0.4 is 5.32 Å². The van der Waals surface area contributed by atoms with E-state index in [-0.39, 0.29) is 23.4 Å². The van der Waals surface area contributed by atoms with E-state index in [1.807, 2.05) is 25.3 Å². The first-order valence-corrected chi connectivity index (χ1v) is 8.53. The number of nitrogens with zero attached hydrogens (tertiary/aromatic N) is 4. The first-order chi connectivity index (χ1) is 11.6. The van der Waals surface area contributed by atoms with Crippen LogP contribution in [0.5, 0.6) is 0 Å². The molecule has 25 heavy (non-hydrogen) atoms. The van der Waals surface area contributed by atoms with Crippen LogP contribution in [0.1, 0.15) is 39.2 Å². The molecule has 1 aromatic heterocycles. The minimum Gasteiger partial charge on any atom is -0.331 e. The lowest BCUT2D eigenvalue weighted by molar-refractivity contribution is -0.121. The Labute approximate surface area is 149 Å². The number of nitrogens with one attached hydrogen (secondary N) is 1. The number of amides is 3. The summed E-state index contributed by atoms with van der Waals surface area (Å²) in [5, 5.41) is 12.1. The Kier molecular flexibility index (Phi) is 5.41. The molecule has 2 heterocycles. The van der Waals surface area contributed by atoms with Gasteiger partial charge in [0.25, 0.3) is 0 Å². The number of urea groups is 1. The summed E-state index contributed by atoms with van der Waals surface area (Å²) in [6, 6.07) is 3.74. The number of rotatable bonds is 2. The lowest BCUT2D eigenvalue weighted by Gasteiger charge is -2.34.